The first-order chi connectivity index (χ1) is 9.16. The summed E-state index contributed by atoms with van der Waals surface area (Å²) in [6.07, 6.45) is 1.55. The minimum absolute atomic E-state index is 0.242. The maximum absolute atomic E-state index is 12.0. The van der Waals surface area contributed by atoms with Crippen LogP contribution in [0.3, 0.4) is 0 Å². The molecule has 0 saturated carbocycles. The van der Waals surface area contributed by atoms with E-state index < -0.39 is 0 Å². The zero-order chi connectivity index (χ0) is 13.7. The topological polar surface area (TPSA) is 71.1 Å². The molecule has 0 saturated heterocycles. The van der Waals surface area contributed by atoms with Crippen molar-refractivity contribution in [1.29, 1.82) is 0 Å². The molecule has 0 aliphatic heterocycles. The van der Waals surface area contributed by atoms with E-state index in [0.29, 0.717) is 17.1 Å². The zero-order valence-electron chi connectivity index (χ0n) is 10.4. The summed E-state index contributed by atoms with van der Waals surface area (Å²) in [5.74, 6) is -0.159. The Morgan fingerprint density at radius 1 is 1.00 bits per heavy atom. The molecule has 1 aromatic carbocycles. The average molecular weight is 255 g/mol. The fraction of sp³-hybridized carbons (Fsp3) is 0.0714. The molecule has 0 radical (unpaired) electrons. The van der Waals surface area contributed by atoms with E-state index in [1.165, 1.54) is 6.92 Å². The molecule has 96 valence electrons. The highest BCUT2D eigenvalue weighted by atomic mass is 16.2. The van der Waals surface area contributed by atoms with Crippen molar-refractivity contribution >= 4 is 23.3 Å². The monoisotopic (exact) mass is 255 g/mol. The van der Waals surface area contributed by atoms with E-state index >= 15 is 0 Å². The van der Waals surface area contributed by atoms with Crippen molar-refractivity contribution in [3.8, 4) is 0 Å². The number of nitrogens with zero attached hydrogens (tertiary/aromatic N) is 1. The summed E-state index contributed by atoms with van der Waals surface area (Å²) in [6, 6.07) is 12.2. The number of hydrogen-bond donors (Lipinski definition) is 2. The Hall–Kier alpha value is -2.69. The molecule has 0 fully saturated rings. The Labute approximate surface area is 110 Å². The quantitative estimate of drug-likeness (QED) is 0.884. The number of anilines is 2. The summed E-state index contributed by atoms with van der Waals surface area (Å²) in [5, 5.41) is 5.28. The number of nitrogens with one attached hydrogen (secondary N) is 2. The molecule has 0 spiro atoms. The summed E-state index contributed by atoms with van der Waals surface area (Å²) >= 11 is 0. The number of carbonyl (C=O) groups is 2. The van der Waals surface area contributed by atoms with Gasteiger partial charge in [-0.05, 0) is 24.3 Å². The normalized spacial score (nSPS) is 9.74. The van der Waals surface area contributed by atoms with Crippen molar-refractivity contribution in [2.45, 2.75) is 6.92 Å². The lowest BCUT2D eigenvalue weighted by Gasteiger charge is -2.09. The molecule has 0 aliphatic carbocycles. The van der Waals surface area contributed by atoms with E-state index in [1.807, 2.05) is 6.07 Å². The molecular weight excluding hydrogens is 242 g/mol. The van der Waals surface area contributed by atoms with Crippen molar-refractivity contribution in [1.82, 2.24) is 4.98 Å². The zero-order valence-corrected chi connectivity index (χ0v) is 10.4. The Kier molecular flexibility index (Phi) is 3.87. The number of aromatic nitrogens is 1. The minimum Gasteiger partial charge on any atom is -0.319 e. The van der Waals surface area contributed by atoms with Gasteiger partial charge in [-0.1, -0.05) is 18.2 Å². The smallest absolute Gasteiger partial charge is 0.255 e. The van der Waals surface area contributed by atoms with Gasteiger partial charge in [0.25, 0.3) is 5.91 Å². The first-order valence-electron chi connectivity index (χ1n) is 5.76. The summed E-state index contributed by atoms with van der Waals surface area (Å²) < 4.78 is 0. The van der Waals surface area contributed by atoms with Gasteiger partial charge in [0, 0.05) is 18.7 Å². The maximum atomic E-state index is 12.0. The van der Waals surface area contributed by atoms with Crippen LogP contribution < -0.4 is 10.6 Å². The number of amides is 2. The lowest BCUT2D eigenvalue weighted by atomic mass is 10.2. The fourth-order valence-electron chi connectivity index (χ4n) is 1.56. The highest BCUT2D eigenvalue weighted by Gasteiger charge is 2.09. The Morgan fingerprint density at radius 3 is 2.42 bits per heavy atom. The highest BCUT2D eigenvalue weighted by molar-refractivity contribution is 6.06. The second-order valence-corrected chi connectivity index (χ2v) is 3.90. The third-order valence-electron chi connectivity index (χ3n) is 2.39. The predicted molar refractivity (Wildman–Crippen MR) is 72.9 cm³/mol. The van der Waals surface area contributed by atoms with E-state index in [-0.39, 0.29) is 11.8 Å². The number of benzene rings is 1. The summed E-state index contributed by atoms with van der Waals surface area (Å²) in [5.41, 5.74) is 1.01. The average Bonchev–Trinajstić information content (AvgIpc) is 2.41. The van der Waals surface area contributed by atoms with Crippen LogP contribution in [-0.4, -0.2) is 16.8 Å². The Morgan fingerprint density at radius 2 is 1.74 bits per heavy atom. The summed E-state index contributed by atoms with van der Waals surface area (Å²) in [4.78, 5) is 27.1. The van der Waals surface area contributed by atoms with Crippen LogP contribution in [0.25, 0.3) is 0 Å². The van der Waals surface area contributed by atoms with Gasteiger partial charge in [-0.2, -0.15) is 0 Å². The molecule has 0 atom stereocenters. The van der Waals surface area contributed by atoms with Crippen LogP contribution in [0.1, 0.15) is 17.3 Å². The lowest BCUT2D eigenvalue weighted by molar-refractivity contribution is -0.114. The largest absolute Gasteiger partial charge is 0.319 e. The molecule has 1 aromatic heterocycles. The minimum atomic E-state index is -0.250. The van der Waals surface area contributed by atoms with Crippen LogP contribution in [-0.2, 0) is 4.79 Å². The number of carbonyl (C=O) groups excluding carboxylic acids is 2. The lowest BCUT2D eigenvalue weighted by Crippen LogP contribution is -2.15. The van der Waals surface area contributed by atoms with E-state index in [4.69, 9.17) is 0 Å². The molecular formula is C14H13N3O2. The molecule has 0 unspecified atom stereocenters. The van der Waals surface area contributed by atoms with Crippen molar-refractivity contribution in [2.24, 2.45) is 0 Å². The van der Waals surface area contributed by atoms with Crippen molar-refractivity contribution in [3.63, 3.8) is 0 Å². The second-order valence-electron chi connectivity index (χ2n) is 3.90. The number of hydrogen-bond acceptors (Lipinski definition) is 3. The van der Waals surface area contributed by atoms with E-state index in [0.717, 1.165) is 0 Å². The molecule has 2 N–H and O–H groups in total. The molecule has 5 nitrogen and oxygen atoms in total. The van der Waals surface area contributed by atoms with Gasteiger partial charge in [0.1, 0.15) is 0 Å². The van der Waals surface area contributed by atoms with Gasteiger partial charge in [0.2, 0.25) is 5.91 Å². The number of pyridine rings is 1. The standard InChI is InChI=1S/C14H13N3O2/c1-10(18)16-13-12(8-5-9-15-13)17-14(19)11-6-3-2-4-7-11/h2-9H,1H3,(H,17,19)(H,15,16,18). The summed E-state index contributed by atoms with van der Waals surface area (Å²) in [7, 11) is 0. The van der Waals surface area contributed by atoms with Gasteiger partial charge in [-0.25, -0.2) is 4.98 Å². The van der Waals surface area contributed by atoms with E-state index in [1.54, 1.807) is 42.6 Å². The summed E-state index contributed by atoms with van der Waals surface area (Å²) in [6.45, 7) is 1.39. The van der Waals surface area contributed by atoms with E-state index in [9.17, 15) is 9.59 Å². The first kappa shape index (κ1) is 12.8. The third-order valence-corrected chi connectivity index (χ3v) is 2.39. The molecule has 5 heteroatoms. The SMILES string of the molecule is CC(=O)Nc1ncccc1NC(=O)c1ccccc1. The first-order valence-corrected chi connectivity index (χ1v) is 5.76. The Balaban J connectivity index is 2.19. The second kappa shape index (κ2) is 5.77. The van der Waals surface area contributed by atoms with Crippen LogP contribution in [0.5, 0.6) is 0 Å². The van der Waals surface area contributed by atoms with Gasteiger partial charge in [0.15, 0.2) is 5.82 Å². The maximum Gasteiger partial charge on any atom is 0.255 e. The van der Waals surface area contributed by atoms with Gasteiger partial charge in [-0.15, -0.1) is 0 Å². The van der Waals surface area contributed by atoms with Crippen LogP contribution >= 0.6 is 0 Å². The molecule has 2 aromatic rings. The predicted octanol–water partition coefficient (Wildman–Crippen LogP) is 2.29. The molecule has 0 bridgehead atoms. The molecule has 2 rings (SSSR count). The van der Waals surface area contributed by atoms with Crippen LogP contribution in [0.2, 0.25) is 0 Å². The molecule has 19 heavy (non-hydrogen) atoms. The van der Waals surface area contributed by atoms with Crippen LogP contribution in [0.4, 0.5) is 11.5 Å². The van der Waals surface area contributed by atoms with Crippen molar-refractivity contribution < 1.29 is 9.59 Å². The fourth-order valence-corrected chi connectivity index (χ4v) is 1.56. The molecule has 2 amide bonds. The van der Waals surface area contributed by atoms with Gasteiger partial charge in [0.05, 0.1) is 5.69 Å². The third kappa shape index (κ3) is 3.38. The number of rotatable bonds is 3. The van der Waals surface area contributed by atoms with Gasteiger partial charge in [-0.3, -0.25) is 9.59 Å². The van der Waals surface area contributed by atoms with Gasteiger partial charge < -0.3 is 10.6 Å². The Bertz CT molecular complexity index is 597. The van der Waals surface area contributed by atoms with E-state index in [2.05, 4.69) is 15.6 Å². The molecule has 1 heterocycles. The van der Waals surface area contributed by atoms with Crippen molar-refractivity contribution in [2.75, 3.05) is 10.6 Å². The highest BCUT2D eigenvalue weighted by Crippen LogP contribution is 2.18. The van der Waals surface area contributed by atoms with Crippen LogP contribution in [0.15, 0.2) is 48.7 Å². The van der Waals surface area contributed by atoms with Crippen LogP contribution in [0, 0.1) is 0 Å². The van der Waals surface area contributed by atoms with Gasteiger partial charge >= 0.3 is 0 Å². The van der Waals surface area contributed by atoms with Crippen molar-refractivity contribution in [3.05, 3.63) is 54.2 Å². The molecule has 0 aliphatic rings.